The molecule has 0 aliphatic carbocycles. The van der Waals surface area contributed by atoms with E-state index in [-0.39, 0.29) is 35.7 Å². The highest BCUT2D eigenvalue weighted by Gasteiger charge is 2.56. The molecule has 2 fully saturated rings. The third-order valence-electron chi connectivity index (χ3n) is 6.52. The molecule has 2 aliphatic rings. The van der Waals surface area contributed by atoms with Crippen molar-refractivity contribution in [3.8, 4) is 0 Å². The van der Waals surface area contributed by atoms with Crippen LogP contribution in [0.3, 0.4) is 0 Å². The number of nitrogens with one attached hydrogen (secondary N) is 1. The lowest BCUT2D eigenvalue weighted by atomic mass is 9.89. The summed E-state index contributed by atoms with van der Waals surface area (Å²) in [5.41, 5.74) is 11.1. The number of oxime groups is 1. The number of rotatable bonds is 10. The van der Waals surface area contributed by atoms with Crippen LogP contribution in [0.2, 0.25) is 0 Å². The van der Waals surface area contributed by atoms with Gasteiger partial charge in [0.1, 0.15) is 18.0 Å². The number of nitrogen functional groups attached to an aromatic ring is 1. The molecule has 42 heavy (non-hydrogen) atoms. The molecule has 3 heterocycles. The van der Waals surface area contributed by atoms with Crippen molar-refractivity contribution in [2.75, 3.05) is 24.8 Å². The van der Waals surface area contributed by atoms with E-state index in [0.29, 0.717) is 12.3 Å². The highest BCUT2D eigenvalue weighted by atomic mass is 32.2. The van der Waals surface area contributed by atoms with Crippen LogP contribution in [0.5, 0.6) is 0 Å². The molecular formula is C26H33N7O7S2. The first-order valence-corrected chi connectivity index (χ1v) is 14.8. The largest absolute Gasteiger partial charge is 0.427 e. The van der Waals surface area contributed by atoms with Crippen LogP contribution in [-0.4, -0.2) is 74.2 Å². The number of β-lactam (4-membered cyclic amide) rings is 1. The summed E-state index contributed by atoms with van der Waals surface area (Å²) in [7, 11) is 0. The molecule has 0 radical (unpaired) electrons. The number of carbonyl (C=O) groups excluding carboxylic acids is 4. The number of nitrogens with two attached hydrogens (primary N) is 2. The zero-order chi connectivity index (χ0) is 30.7. The van der Waals surface area contributed by atoms with Crippen LogP contribution in [0.4, 0.5) is 5.13 Å². The van der Waals surface area contributed by atoms with Gasteiger partial charge in [0.15, 0.2) is 5.13 Å². The van der Waals surface area contributed by atoms with E-state index >= 15 is 0 Å². The Hall–Kier alpha value is -3.76. The van der Waals surface area contributed by atoms with E-state index in [1.165, 1.54) is 16.7 Å². The normalized spacial score (nSPS) is 22.1. The average Bonchev–Trinajstić information content (AvgIpc) is 3.39. The molecule has 0 saturated carbocycles. The second-order valence-corrected chi connectivity index (χ2v) is 13.0. The van der Waals surface area contributed by atoms with Crippen molar-refractivity contribution in [2.45, 2.75) is 52.3 Å². The summed E-state index contributed by atoms with van der Waals surface area (Å²) in [6.45, 7) is 6.79. The Morgan fingerprint density at radius 3 is 2.50 bits per heavy atom. The molecule has 5 N–H and O–H groups in total. The van der Waals surface area contributed by atoms with E-state index in [4.69, 9.17) is 25.8 Å². The Bertz CT molecular complexity index is 1380. The van der Waals surface area contributed by atoms with E-state index in [1.807, 2.05) is 24.3 Å². The number of hydrogen-bond acceptors (Lipinski definition) is 14. The SMILES string of the molecule is CC(C)(C)C(=O)OCOC(=O)C1(C)CS[C@@H]2C(NC(=O)C(=NOCc3ccc(CN)cc3)c3nsc(N)n3)C(=O)N2C1. The molecule has 2 aromatic rings. The van der Waals surface area contributed by atoms with Gasteiger partial charge in [0.05, 0.1) is 10.8 Å². The number of ether oxygens (including phenoxy) is 2. The molecule has 2 aliphatic heterocycles. The maximum Gasteiger partial charge on any atom is 0.317 e. The van der Waals surface area contributed by atoms with Crippen LogP contribution in [0.1, 0.15) is 44.6 Å². The number of carbonyl (C=O) groups is 4. The van der Waals surface area contributed by atoms with Crippen LogP contribution < -0.4 is 16.8 Å². The van der Waals surface area contributed by atoms with Gasteiger partial charge in [-0.3, -0.25) is 19.2 Å². The zero-order valence-corrected chi connectivity index (χ0v) is 25.3. The molecule has 16 heteroatoms. The second-order valence-electron chi connectivity index (χ2n) is 11.1. The molecule has 1 aromatic heterocycles. The number of esters is 2. The lowest BCUT2D eigenvalue weighted by Gasteiger charge is -2.53. The summed E-state index contributed by atoms with van der Waals surface area (Å²) in [4.78, 5) is 61.9. The van der Waals surface area contributed by atoms with Gasteiger partial charge in [-0.25, -0.2) is 0 Å². The fraction of sp³-hybridized carbons (Fsp3) is 0.500. The van der Waals surface area contributed by atoms with Crippen molar-refractivity contribution >= 4 is 57.9 Å². The fourth-order valence-corrected chi connectivity index (χ4v) is 5.94. The Labute approximate surface area is 250 Å². The predicted molar refractivity (Wildman–Crippen MR) is 154 cm³/mol. The highest BCUT2D eigenvalue weighted by molar-refractivity contribution is 8.00. The molecule has 226 valence electrons. The first-order valence-electron chi connectivity index (χ1n) is 13.0. The summed E-state index contributed by atoms with van der Waals surface area (Å²) in [6.07, 6.45) is 0. The number of thioether (sulfide) groups is 1. The van der Waals surface area contributed by atoms with Gasteiger partial charge in [-0.15, -0.1) is 11.8 Å². The monoisotopic (exact) mass is 619 g/mol. The standard InChI is InChI=1S/C26H33N7O7S2/c1-25(2,3)22(36)38-13-39-23(37)26(4)11-33-20(35)17(21(33)41-12-26)29-19(34)16(18-30-24(28)42-32-18)31-40-10-15-7-5-14(9-27)6-8-15/h5-8,17,21H,9-13,27H2,1-4H3,(H,29,34)(H2,28,30,32)/t17?,21-,26?/m1/s1. The van der Waals surface area contributed by atoms with Crippen molar-refractivity contribution in [3.63, 3.8) is 0 Å². The second kappa shape index (κ2) is 12.6. The number of anilines is 1. The van der Waals surface area contributed by atoms with Gasteiger partial charge in [-0.1, -0.05) is 29.4 Å². The predicted octanol–water partition coefficient (Wildman–Crippen LogP) is 0.996. The van der Waals surface area contributed by atoms with Crippen LogP contribution in [0, 0.1) is 10.8 Å². The van der Waals surface area contributed by atoms with Crippen LogP contribution >= 0.6 is 23.3 Å². The lowest BCUT2D eigenvalue weighted by molar-refractivity contribution is -0.180. The van der Waals surface area contributed by atoms with Gasteiger partial charge in [-0.2, -0.15) is 9.36 Å². The topological polar surface area (TPSA) is 201 Å². The van der Waals surface area contributed by atoms with Crippen molar-refractivity contribution in [1.82, 2.24) is 19.6 Å². The maximum absolute atomic E-state index is 13.2. The van der Waals surface area contributed by atoms with E-state index in [1.54, 1.807) is 27.7 Å². The van der Waals surface area contributed by atoms with Gasteiger partial charge in [-0.05, 0) is 38.8 Å². The molecule has 2 saturated heterocycles. The number of hydrogen-bond donors (Lipinski definition) is 3. The first-order chi connectivity index (χ1) is 19.8. The molecule has 2 unspecified atom stereocenters. The fourth-order valence-electron chi connectivity index (χ4n) is 4.02. The van der Waals surface area contributed by atoms with E-state index in [0.717, 1.165) is 22.7 Å². The number of aromatic nitrogens is 2. The van der Waals surface area contributed by atoms with Crippen molar-refractivity contribution < 1.29 is 33.5 Å². The molecule has 0 bridgehead atoms. The van der Waals surface area contributed by atoms with Gasteiger partial charge in [0, 0.05) is 30.4 Å². The summed E-state index contributed by atoms with van der Waals surface area (Å²) in [5, 5.41) is 6.38. The van der Waals surface area contributed by atoms with Crippen molar-refractivity contribution in [1.29, 1.82) is 0 Å². The lowest BCUT2D eigenvalue weighted by Crippen LogP contribution is -2.73. The average molecular weight is 620 g/mol. The molecular weight excluding hydrogens is 586 g/mol. The molecule has 14 nitrogen and oxygen atoms in total. The minimum absolute atomic E-state index is 0.0316. The highest BCUT2D eigenvalue weighted by Crippen LogP contribution is 2.42. The Balaban J connectivity index is 1.36. The molecule has 1 aromatic carbocycles. The van der Waals surface area contributed by atoms with Crippen LogP contribution in [0.15, 0.2) is 29.4 Å². The van der Waals surface area contributed by atoms with Gasteiger partial charge < -0.3 is 36.0 Å². The molecule has 2 amide bonds. The number of benzene rings is 1. The van der Waals surface area contributed by atoms with Crippen LogP contribution in [0.25, 0.3) is 0 Å². The number of amides is 2. The van der Waals surface area contributed by atoms with Crippen molar-refractivity contribution in [3.05, 3.63) is 41.2 Å². The third-order valence-corrected chi connectivity index (χ3v) is 8.73. The van der Waals surface area contributed by atoms with Gasteiger partial charge in [0.2, 0.25) is 24.2 Å². The summed E-state index contributed by atoms with van der Waals surface area (Å²) < 4.78 is 14.3. The maximum atomic E-state index is 13.2. The molecule has 4 rings (SSSR count). The zero-order valence-electron chi connectivity index (χ0n) is 23.6. The summed E-state index contributed by atoms with van der Waals surface area (Å²) >= 11 is 2.22. The first kappa shape index (κ1) is 31.2. The van der Waals surface area contributed by atoms with E-state index in [9.17, 15) is 19.2 Å². The smallest absolute Gasteiger partial charge is 0.317 e. The van der Waals surface area contributed by atoms with Crippen molar-refractivity contribution in [2.24, 2.45) is 21.7 Å². The van der Waals surface area contributed by atoms with Gasteiger partial charge in [0.25, 0.3) is 5.91 Å². The Morgan fingerprint density at radius 2 is 1.88 bits per heavy atom. The number of fused-ring (bicyclic) bond motifs is 1. The van der Waals surface area contributed by atoms with E-state index < -0.39 is 46.9 Å². The third kappa shape index (κ3) is 6.99. The quantitative estimate of drug-likeness (QED) is 0.112. The molecule has 3 atom stereocenters. The van der Waals surface area contributed by atoms with Gasteiger partial charge >= 0.3 is 11.9 Å². The Morgan fingerprint density at radius 1 is 1.19 bits per heavy atom. The number of nitrogens with zero attached hydrogens (tertiary/aromatic N) is 4. The minimum atomic E-state index is -1.02. The van der Waals surface area contributed by atoms with E-state index in [2.05, 4.69) is 19.8 Å². The summed E-state index contributed by atoms with van der Waals surface area (Å²) in [6, 6.07) is 6.53. The molecule has 0 spiro atoms. The summed E-state index contributed by atoms with van der Waals surface area (Å²) in [5.74, 6) is -1.89. The minimum Gasteiger partial charge on any atom is -0.427 e. The van der Waals surface area contributed by atoms with Crippen LogP contribution in [-0.2, 0) is 46.6 Å². The Kier molecular flexibility index (Phi) is 9.37.